The largest absolute Gasteiger partial charge is 0.494 e. The van der Waals surface area contributed by atoms with Gasteiger partial charge < -0.3 is 14.2 Å². The van der Waals surface area contributed by atoms with E-state index in [-0.39, 0.29) is 13.0 Å². The lowest BCUT2D eigenvalue weighted by Gasteiger charge is -2.07. The van der Waals surface area contributed by atoms with Gasteiger partial charge in [-0.3, -0.25) is 4.79 Å². The van der Waals surface area contributed by atoms with Gasteiger partial charge in [0.15, 0.2) is 0 Å². The van der Waals surface area contributed by atoms with Gasteiger partial charge in [-0.05, 0) is 43.2 Å². The molecule has 0 bridgehead atoms. The van der Waals surface area contributed by atoms with Gasteiger partial charge in [0, 0.05) is 6.42 Å². The Morgan fingerprint density at radius 3 is 2.16 bits per heavy atom. The minimum atomic E-state index is -0.801. The molecule has 0 aliphatic rings. The van der Waals surface area contributed by atoms with Gasteiger partial charge >= 0.3 is 5.97 Å². The molecule has 5 nitrogen and oxygen atoms in total. The highest BCUT2D eigenvalue weighted by Crippen LogP contribution is 2.17. The second-order valence-electron chi connectivity index (χ2n) is 5.34. The number of Topliss-reactive ketones (excluding diaryl/α,β-unsaturated/α-hetero) is 1. The summed E-state index contributed by atoms with van der Waals surface area (Å²) < 4.78 is 15.9. The summed E-state index contributed by atoms with van der Waals surface area (Å²) in [4.78, 5) is 23.4. The van der Waals surface area contributed by atoms with Crippen molar-refractivity contribution in [3.05, 3.63) is 60.2 Å². The number of esters is 1. The summed E-state index contributed by atoms with van der Waals surface area (Å²) in [6.07, 6.45) is 0.553. The number of hydrogen-bond acceptors (Lipinski definition) is 5. The molecule has 0 heterocycles. The van der Waals surface area contributed by atoms with Gasteiger partial charge in [-0.2, -0.15) is 0 Å². The fraction of sp³-hybridized carbons (Fsp3) is 0.300. The minimum Gasteiger partial charge on any atom is -0.494 e. The van der Waals surface area contributed by atoms with Crippen molar-refractivity contribution in [3.63, 3.8) is 0 Å². The Bertz CT molecular complexity index is 664. The second-order valence-corrected chi connectivity index (χ2v) is 5.34. The van der Waals surface area contributed by atoms with E-state index in [9.17, 15) is 9.59 Å². The van der Waals surface area contributed by atoms with E-state index in [4.69, 9.17) is 14.2 Å². The third kappa shape index (κ3) is 6.67. The molecule has 0 amide bonds. The highest BCUT2D eigenvalue weighted by atomic mass is 16.5. The standard InChI is InChI=1S/C20H22O5/c1-2-23-17-10-12-18(13-11-17)24-14-6-9-19(21)20(22)25-15-16-7-4-3-5-8-16/h3-5,7-8,10-13H,2,6,9,14-15H2,1H3. The van der Waals surface area contributed by atoms with E-state index in [0.29, 0.717) is 25.4 Å². The Morgan fingerprint density at radius 1 is 0.880 bits per heavy atom. The number of ether oxygens (including phenoxy) is 3. The van der Waals surface area contributed by atoms with Gasteiger partial charge in [-0.1, -0.05) is 30.3 Å². The van der Waals surface area contributed by atoms with Gasteiger partial charge in [0.1, 0.15) is 18.1 Å². The van der Waals surface area contributed by atoms with Crippen LogP contribution in [0.2, 0.25) is 0 Å². The first kappa shape index (κ1) is 18.5. The van der Waals surface area contributed by atoms with Crippen LogP contribution in [-0.2, 0) is 20.9 Å². The zero-order valence-corrected chi connectivity index (χ0v) is 14.3. The molecule has 0 aromatic heterocycles. The molecule has 0 spiro atoms. The summed E-state index contributed by atoms with van der Waals surface area (Å²) in [6, 6.07) is 16.5. The smallest absolute Gasteiger partial charge is 0.374 e. The third-order valence-electron chi connectivity index (χ3n) is 3.39. The predicted octanol–water partition coefficient (Wildman–Crippen LogP) is 3.56. The van der Waals surface area contributed by atoms with E-state index in [0.717, 1.165) is 11.3 Å². The summed E-state index contributed by atoms with van der Waals surface area (Å²) in [7, 11) is 0. The van der Waals surface area contributed by atoms with Crippen LogP contribution in [0.4, 0.5) is 0 Å². The van der Waals surface area contributed by atoms with Gasteiger partial charge in [0.25, 0.3) is 0 Å². The molecule has 132 valence electrons. The van der Waals surface area contributed by atoms with Crippen molar-refractivity contribution < 1.29 is 23.8 Å². The highest BCUT2D eigenvalue weighted by Gasteiger charge is 2.15. The molecular weight excluding hydrogens is 320 g/mol. The van der Waals surface area contributed by atoms with Gasteiger partial charge in [-0.15, -0.1) is 0 Å². The second kappa shape index (κ2) is 10.1. The molecule has 0 radical (unpaired) electrons. The zero-order valence-electron chi connectivity index (χ0n) is 14.3. The van der Waals surface area contributed by atoms with Crippen molar-refractivity contribution in [2.45, 2.75) is 26.4 Å². The fourth-order valence-electron chi connectivity index (χ4n) is 2.13. The van der Waals surface area contributed by atoms with Gasteiger partial charge in [0.05, 0.1) is 13.2 Å². The normalized spacial score (nSPS) is 10.1. The Balaban J connectivity index is 1.63. The lowest BCUT2D eigenvalue weighted by Crippen LogP contribution is -2.18. The first-order valence-corrected chi connectivity index (χ1v) is 8.28. The molecule has 2 rings (SSSR count). The molecular formula is C20H22O5. The van der Waals surface area contributed by atoms with Crippen LogP contribution in [0, 0.1) is 0 Å². The number of ketones is 1. The zero-order chi connectivity index (χ0) is 17.9. The Hall–Kier alpha value is -2.82. The van der Waals surface area contributed by atoms with E-state index in [1.165, 1.54) is 0 Å². The van der Waals surface area contributed by atoms with Crippen molar-refractivity contribution >= 4 is 11.8 Å². The monoisotopic (exact) mass is 342 g/mol. The van der Waals surface area contributed by atoms with Gasteiger partial charge in [-0.25, -0.2) is 4.79 Å². The lowest BCUT2D eigenvalue weighted by atomic mass is 10.2. The predicted molar refractivity (Wildman–Crippen MR) is 93.6 cm³/mol. The van der Waals surface area contributed by atoms with E-state index < -0.39 is 11.8 Å². The summed E-state index contributed by atoms with van der Waals surface area (Å²) >= 11 is 0. The van der Waals surface area contributed by atoms with E-state index in [2.05, 4.69) is 0 Å². The Morgan fingerprint density at radius 2 is 1.52 bits per heavy atom. The number of carbonyl (C=O) groups is 2. The number of hydrogen-bond donors (Lipinski definition) is 0. The van der Waals surface area contributed by atoms with Gasteiger partial charge in [0.2, 0.25) is 5.78 Å². The summed E-state index contributed by atoms with van der Waals surface area (Å²) in [5.41, 5.74) is 0.850. The topological polar surface area (TPSA) is 61.8 Å². The molecule has 0 fully saturated rings. The number of rotatable bonds is 10. The van der Waals surface area contributed by atoms with E-state index in [1.807, 2.05) is 49.4 Å². The summed E-state index contributed by atoms with van der Waals surface area (Å²) in [5, 5.41) is 0. The summed E-state index contributed by atoms with van der Waals surface area (Å²) in [5.74, 6) is 0.143. The molecule has 0 unspecified atom stereocenters. The van der Waals surface area contributed by atoms with Crippen LogP contribution in [0.5, 0.6) is 11.5 Å². The van der Waals surface area contributed by atoms with Crippen molar-refractivity contribution in [1.29, 1.82) is 0 Å². The van der Waals surface area contributed by atoms with Crippen molar-refractivity contribution in [1.82, 2.24) is 0 Å². The molecule has 0 atom stereocenters. The Labute approximate surface area is 147 Å². The van der Waals surface area contributed by atoms with Crippen molar-refractivity contribution in [2.24, 2.45) is 0 Å². The molecule has 0 saturated heterocycles. The van der Waals surface area contributed by atoms with E-state index in [1.54, 1.807) is 12.1 Å². The van der Waals surface area contributed by atoms with Crippen LogP contribution in [0.1, 0.15) is 25.3 Å². The van der Waals surface area contributed by atoms with Crippen molar-refractivity contribution in [2.75, 3.05) is 13.2 Å². The number of carbonyl (C=O) groups excluding carboxylic acids is 2. The third-order valence-corrected chi connectivity index (χ3v) is 3.39. The number of benzene rings is 2. The molecule has 0 N–H and O–H groups in total. The van der Waals surface area contributed by atoms with Crippen LogP contribution < -0.4 is 9.47 Å². The molecule has 2 aromatic rings. The Kier molecular flexibility index (Phi) is 7.50. The molecule has 5 heteroatoms. The summed E-state index contributed by atoms with van der Waals surface area (Å²) in [6.45, 7) is 2.99. The van der Waals surface area contributed by atoms with Crippen molar-refractivity contribution in [3.8, 4) is 11.5 Å². The van der Waals surface area contributed by atoms with Crippen LogP contribution >= 0.6 is 0 Å². The quantitative estimate of drug-likeness (QED) is 0.375. The van der Waals surface area contributed by atoms with Crippen LogP contribution in [0.25, 0.3) is 0 Å². The molecule has 0 saturated carbocycles. The molecule has 25 heavy (non-hydrogen) atoms. The molecule has 0 aliphatic carbocycles. The first-order valence-electron chi connectivity index (χ1n) is 8.28. The first-order chi connectivity index (χ1) is 12.2. The van der Waals surface area contributed by atoms with Crippen LogP contribution in [-0.4, -0.2) is 25.0 Å². The molecule has 2 aromatic carbocycles. The maximum atomic E-state index is 11.7. The lowest BCUT2D eigenvalue weighted by molar-refractivity contribution is -0.154. The van der Waals surface area contributed by atoms with E-state index >= 15 is 0 Å². The maximum absolute atomic E-state index is 11.7. The van der Waals surface area contributed by atoms with Crippen LogP contribution in [0.15, 0.2) is 54.6 Å². The molecule has 0 aliphatic heterocycles. The SMILES string of the molecule is CCOc1ccc(OCCCC(=O)C(=O)OCc2ccccc2)cc1. The highest BCUT2D eigenvalue weighted by molar-refractivity contribution is 6.33. The van der Waals surface area contributed by atoms with Crippen LogP contribution in [0.3, 0.4) is 0 Å². The minimum absolute atomic E-state index is 0.102. The maximum Gasteiger partial charge on any atom is 0.374 e. The fourth-order valence-corrected chi connectivity index (χ4v) is 2.13. The average Bonchev–Trinajstić information content (AvgIpc) is 2.65. The average molecular weight is 342 g/mol.